The van der Waals surface area contributed by atoms with Gasteiger partial charge in [-0.3, -0.25) is 4.98 Å². The van der Waals surface area contributed by atoms with Crippen LogP contribution in [0.5, 0.6) is 5.75 Å². The molecular weight excluding hydrogens is 328 g/mol. The van der Waals surface area contributed by atoms with Gasteiger partial charge in [0.2, 0.25) is 0 Å². The number of pyridine rings is 1. The molecule has 2 heterocycles. The first-order valence-electron chi connectivity index (χ1n) is 9.17. The fourth-order valence-corrected chi connectivity index (χ4v) is 3.15. The summed E-state index contributed by atoms with van der Waals surface area (Å²) in [6.45, 7) is 5.27. The Balaban J connectivity index is 1.38. The van der Waals surface area contributed by atoms with Crippen LogP contribution in [-0.2, 0) is 0 Å². The summed E-state index contributed by atoms with van der Waals surface area (Å²) in [6, 6.07) is 11.3. The molecule has 0 unspecified atom stereocenters. The Morgan fingerprint density at radius 2 is 2.00 bits per heavy atom. The number of piperidine rings is 1. The minimum atomic E-state index is -0.163. The summed E-state index contributed by atoms with van der Waals surface area (Å²) in [6.07, 6.45) is 5.84. The second-order valence-electron chi connectivity index (χ2n) is 6.43. The zero-order chi connectivity index (χ0) is 18.2. The van der Waals surface area contributed by atoms with E-state index in [-0.39, 0.29) is 6.03 Å². The van der Waals surface area contributed by atoms with E-state index in [1.165, 1.54) is 5.69 Å². The zero-order valence-corrected chi connectivity index (χ0v) is 15.1. The number of hydrogen-bond acceptors (Lipinski definition) is 4. The molecular formula is C20H26N4O2. The number of ether oxygens (including phenoxy) is 1. The number of hydrogen-bond donors (Lipinski definition) is 2. The van der Waals surface area contributed by atoms with Gasteiger partial charge in [0.25, 0.3) is 0 Å². The van der Waals surface area contributed by atoms with Gasteiger partial charge in [0.15, 0.2) is 0 Å². The van der Waals surface area contributed by atoms with E-state index < -0.39 is 0 Å². The van der Waals surface area contributed by atoms with E-state index in [1.807, 2.05) is 43.5 Å². The third-order valence-corrected chi connectivity index (χ3v) is 4.60. The Morgan fingerprint density at radius 1 is 1.23 bits per heavy atom. The highest BCUT2D eigenvalue weighted by Gasteiger charge is 2.20. The molecule has 1 aromatic heterocycles. The molecule has 1 aliphatic rings. The Kier molecular flexibility index (Phi) is 6.30. The molecule has 1 saturated heterocycles. The Morgan fingerprint density at radius 3 is 2.65 bits per heavy atom. The second kappa shape index (κ2) is 9.08. The molecule has 2 amide bonds. The lowest BCUT2D eigenvalue weighted by atomic mass is 9.96. The van der Waals surface area contributed by atoms with Crippen LogP contribution in [0.15, 0.2) is 48.8 Å². The van der Waals surface area contributed by atoms with Crippen molar-refractivity contribution in [3.8, 4) is 5.75 Å². The first-order valence-corrected chi connectivity index (χ1v) is 9.17. The molecule has 0 spiro atoms. The quantitative estimate of drug-likeness (QED) is 0.833. The Bertz CT molecular complexity index is 683. The van der Waals surface area contributed by atoms with Gasteiger partial charge in [0.05, 0.1) is 18.5 Å². The van der Waals surface area contributed by atoms with Gasteiger partial charge in [0.1, 0.15) is 5.75 Å². The van der Waals surface area contributed by atoms with Gasteiger partial charge in [-0.1, -0.05) is 0 Å². The highest BCUT2D eigenvalue weighted by molar-refractivity contribution is 5.89. The lowest BCUT2D eigenvalue weighted by molar-refractivity contribution is 0.248. The van der Waals surface area contributed by atoms with Crippen molar-refractivity contribution in [2.45, 2.75) is 19.8 Å². The normalized spacial score (nSPS) is 14.7. The number of anilines is 2. The maximum Gasteiger partial charge on any atom is 0.319 e. The molecule has 1 aliphatic heterocycles. The van der Waals surface area contributed by atoms with Crippen molar-refractivity contribution in [2.24, 2.45) is 5.92 Å². The molecule has 0 atom stereocenters. The van der Waals surface area contributed by atoms with Crippen molar-refractivity contribution in [1.29, 1.82) is 0 Å². The molecule has 1 aromatic carbocycles. The van der Waals surface area contributed by atoms with E-state index in [2.05, 4.69) is 26.6 Å². The van der Waals surface area contributed by atoms with Crippen LogP contribution in [0.4, 0.5) is 16.2 Å². The van der Waals surface area contributed by atoms with Crippen LogP contribution in [0, 0.1) is 5.92 Å². The Hall–Kier alpha value is -2.76. The molecule has 138 valence electrons. The average Bonchev–Trinajstić information content (AvgIpc) is 2.69. The highest BCUT2D eigenvalue weighted by atomic mass is 16.5. The van der Waals surface area contributed by atoms with Crippen molar-refractivity contribution in [1.82, 2.24) is 10.3 Å². The monoisotopic (exact) mass is 354 g/mol. The smallest absolute Gasteiger partial charge is 0.319 e. The number of carbonyl (C=O) groups is 1. The number of amides is 2. The lowest BCUT2D eigenvalue weighted by Crippen LogP contribution is -2.39. The van der Waals surface area contributed by atoms with Crippen LogP contribution < -0.4 is 20.3 Å². The summed E-state index contributed by atoms with van der Waals surface area (Å²) >= 11 is 0. The van der Waals surface area contributed by atoms with Gasteiger partial charge in [0, 0.05) is 31.5 Å². The van der Waals surface area contributed by atoms with Crippen LogP contribution in [0.2, 0.25) is 0 Å². The van der Waals surface area contributed by atoms with Gasteiger partial charge in [-0.15, -0.1) is 0 Å². The number of benzene rings is 1. The fourth-order valence-electron chi connectivity index (χ4n) is 3.15. The van der Waals surface area contributed by atoms with E-state index in [9.17, 15) is 4.79 Å². The van der Waals surface area contributed by atoms with Crippen molar-refractivity contribution in [3.05, 3.63) is 48.8 Å². The van der Waals surface area contributed by atoms with E-state index >= 15 is 0 Å². The van der Waals surface area contributed by atoms with Crippen molar-refractivity contribution in [2.75, 3.05) is 36.5 Å². The van der Waals surface area contributed by atoms with Crippen LogP contribution in [-0.4, -0.2) is 37.3 Å². The summed E-state index contributed by atoms with van der Waals surface area (Å²) in [5, 5.41) is 5.84. The summed E-state index contributed by atoms with van der Waals surface area (Å²) < 4.78 is 5.40. The number of rotatable bonds is 6. The molecule has 1 fully saturated rings. The predicted molar refractivity (Wildman–Crippen MR) is 104 cm³/mol. The predicted octanol–water partition coefficient (Wildman–Crippen LogP) is 3.52. The van der Waals surface area contributed by atoms with E-state index in [0.29, 0.717) is 19.1 Å². The first-order chi connectivity index (χ1) is 12.7. The molecule has 26 heavy (non-hydrogen) atoms. The third-order valence-electron chi connectivity index (χ3n) is 4.60. The van der Waals surface area contributed by atoms with Crippen LogP contribution >= 0.6 is 0 Å². The fraction of sp³-hybridized carbons (Fsp3) is 0.400. The van der Waals surface area contributed by atoms with Crippen molar-refractivity contribution >= 4 is 17.4 Å². The number of urea groups is 1. The minimum absolute atomic E-state index is 0.163. The SMILES string of the molecule is CCOc1ccc(NC(=O)NCC2CCN(c3cccnc3)CC2)cc1. The van der Waals surface area contributed by atoms with Crippen LogP contribution in [0.1, 0.15) is 19.8 Å². The third kappa shape index (κ3) is 5.12. The van der Waals surface area contributed by atoms with Crippen molar-refractivity contribution < 1.29 is 9.53 Å². The molecule has 2 N–H and O–H groups in total. The lowest BCUT2D eigenvalue weighted by Gasteiger charge is -2.33. The minimum Gasteiger partial charge on any atom is -0.494 e. The largest absolute Gasteiger partial charge is 0.494 e. The molecule has 6 nitrogen and oxygen atoms in total. The molecule has 6 heteroatoms. The number of nitrogens with zero attached hydrogens (tertiary/aromatic N) is 2. The average molecular weight is 354 g/mol. The summed E-state index contributed by atoms with van der Waals surface area (Å²) in [4.78, 5) is 18.6. The molecule has 0 radical (unpaired) electrons. The molecule has 0 bridgehead atoms. The van der Waals surface area contributed by atoms with Gasteiger partial charge in [-0.2, -0.15) is 0 Å². The maximum absolute atomic E-state index is 12.1. The molecule has 3 rings (SSSR count). The van der Waals surface area contributed by atoms with Gasteiger partial charge in [-0.25, -0.2) is 4.79 Å². The van der Waals surface area contributed by atoms with Crippen LogP contribution in [0.3, 0.4) is 0 Å². The van der Waals surface area contributed by atoms with E-state index in [4.69, 9.17) is 4.74 Å². The standard InChI is InChI=1S/C20H26N4O2/c1-2-26-19-7-5-17(6-8-19)23-20(25)22-14-16-9-12-24(13-10-16)18-4-3-11-21-15-18/h3-8,11,15-16H,2,9-10,12-14H2,1H3,(H2,22,23,25). The Labute approximate surface area is 154 Å². The van der Waals surface area contributed by atoms with E-state index in [0.717, 1.165) is 37.4 Å². The second-order valence-corrected chi connectivity index (χ2v) is 6.43. The highest BCUT2D eigenvalue weighted by Crippen LogP contribution is 2.22. The number of nitrogens with one attached hydrogen (secondary N) is 2. The van der Waals surface area contributed by atoms with Gasteiger partial charge < -0.3 is 20.3 Å². The first kappa shape index (κ1) is 18.0. The van der Waals surface area contributed by atoms with Gasteiger partial charge in [-0.05, 0) is 62.1 Å². The summed E-state index contributed by atoms with van der Waals surface area (Å²) in [5.74, 6) is 1.31. The number of aromatic nitrogens is 1. The maximum atomic E-state index is 12.1. The summed E-state index contributed by atoms with van der Waals surface area (Å²) in [7, 11) is 0. The molecule has 0 saturated carbocycles. The molecule has 0 aliphatic carbocycles. The topological polar surface area (TPSA) is 66.5 Å². The van der Waals surface area contributed by atoms with Crippen molar-refractivity contribution in [3.63, 3.8) is 0 Å². The van der Waals surface area contributed by atoms with Gasteiger partial charge >= 0.3 is 6.03 Å². The summed E-state index contributed by atoms with van der Waals surface area (Å²) in [5.41, 5.74) is 1.93. The number of carbonyl (C=O) groups excluding carboxylic acids is 1. The van der Waals surface area contributed by atoms with E-state index in [1.54, 1.807) is 6.20 Å². The zero-order valence-electron chi connectivity index (χ0n) is 15.1. The molecule has 2 aromatic rings. The van der Waals surface area contributed by atoms with Crippen LogP contribution in [0.25, 0.3) is 0 Å².